The molecule has 0 radical (unpaired) electrons. The van der Waals surface area contributed by atoms with Crippen LogP contribution in [0.1, 0.15) is 11.1 Å². The summed E-state index contributed by atoms with van der Waals surface area (Å²) in [5.41, 5.74) is 3.35. The number of aromatic hydroxyl groups is 1. The molecule has 0 aliphatic rings. The highest BCUT2D eigenvalue weighted by Crippen LogP contribution is 2.29. The van der Waals surface area contributed by atoms with Gasteiger partial charge in [0.2, 0.25) is 0 Å². The zero-order valence-corrected chi connectivity index (χ0v) is 10.4. The van der Waals surface area contributed by atoms with Crippen molar-refractivity contribution in [3.63, 3.8) is 0 Å². The number of phenols is 1. The van der Waals surface area contributed by atoms with E-state index >= 15 is 0 Å². The second-order valence-corrected chi connectivity index (χ2v) is 4.21. The Bertz CT molecular complexity index is 614. The van der Waals surface area contributed by atoms with Gasteiger partial charge >= 0.3 is 0 Å². The molecule has 0 aliphatic heterocycles. The van der Waals surface area contributed by atoms with Crippen molar-refractivity contribution in [2.75, 3.05) is 11.9 Å². The number of anilines is 2. The molecule has 90 valence electrons. The molecular weight excluding hydrogens is 224 g/mol. The first kappa shape index (κ1) is 12.0. The van der Waals surface area contributed by atoms with E-state index in [0.29, 0.717) is 5.56 Å². The molecule has 18 heavy (non-hydrogen) atoms. The summed E-state index contributed by atoms with van der Waals surface area (Å²) < 4.78 is 0. The van der Waals surface area contributed by atoms with E-state index < -0.39 is 0 Å². The molecule has 0 saturated heterocycles. The van der Waals surface area contributed by atoms with Crippen LogP contribution in [0.3, 0.4) is 0 Å². The first-order chi connectivity index (χ1) is 8.61. The molecule has 0 atom stereocenters. The normalized spacial score (nSPS) is 9.83. The summed E-state index contributed by atoms with van der Waals surface area (Å²) >= 11 is 0. The quantitative estimate of drug-likeness (QED) is 0.872. The van der Waals surface area contributed by atoms with Gasteiger partial charge in [0, 0.05) is 18.8 Å². The highest BCUT2D eigenvalue weighted by molar-refractivity contribution is 5.69. The maximum Gasteiger partial charge on any atom is 0.117 e. The van der Waals surface area contributed by atoms with Gasteiger partial charge in [-0.15, -0.1) is 0 Å². The van der Waals surface area contributed by atoms with Crippen LogP contribution in [-0.4, -0.2) is 12.2 Å². The standard InChI is InChI=1S/C15H14N2O/c1-11-6-7-15(12(8-11)10-16)17(2)13-4-3-5-14(18)9-13/h3-9,18H,1-2H3. The second kappa shape index (κ2) is 4.80. The van der Waals surface area contributed by atoms with Crippen molar-refractivity contribution in [2.45, 2.75) is 6.92 Å². The van der Waals surface area contributed by atoms with Gasteiger partial charge in [0.15, 0.2) is 0 Å². The fourth-order valence-corrected chi connectivity index (χ4v) is 1.87. The molecule has 0 heterocycles. The number of nitrogens with zero attached hydrogens (tertiary/aromatic N) is 2. The molecule has 0 bridgehead atoms. The lowest BCUT2D eigenvalue weighted by Crippen LogP contribution is -2.10. The van der Waals surface area contributed by atoms with E-state index in [4.69, 9.17) is 5.26 Å². The second-order valence-electron chi connectivity index (χ2n) is 4.21. The van der Waals surface area contributed by atoms with Crippen LogP contribution in [0.2, 0.25) is 0 Å². The van der Waals surface area contributed by atoms with E-state index in [2.05, 4.69) is 6.07 Å². The lowest BCUT2D eigenvalue weighted by atomic mass is 10.1. The minimum atomic E-state index is 0.213. The van der Waals surface area contributed by atoms with E-state index in [1.165, 1.54) is 0 Å². The maximum absolute atomic E-state index is 9.49. The maximum atomic E-state index is 9.49. The third-order valence-electron chi connectivity index (χ3n) is 2.85. The highest BCUT2D eigenvalue weighted by Gasteiger charge is 2.09. The van der Waals surface area contributed by atoms with Gasteiger partial charge in [-0.3, -0.25) is 0 Å². The van der Waals surface area contributed by atoms with E-state index in [0.717, 1.165) is 16.9 Å². The number of phenolic OH excluding ortho intramolecular Hbond substituents is 1. The van der Waals surface area contributed by atoms with E-state index in [-0.39, 0.29) is 5.75 Å². The molecule has 0 amide bonds. The molecule has 0 unspecified atom stereocenters. The predicted molar refractivity (Wildman–Crippen MR) is 72.1 cm³/mol. The summed E-state index contributed by atoms with van der Waals surface area (Å²) in [5, 5.41) is 18.7. The minimum absolute atomic E-state index is 0.213. The molecule has 0 aliphatic carbocycles. The van der Waals surface area contributed by atoms with E-state index in [9.17, 15) is 5.11 Å². The molecular formula is C15H14N2O. The van der Waals surface area contributed by atoms with Gasteiger partial charge < -0.3 is 10.0 Å². The minimum Gasteiger partial charge on any atom is -0.508 e. The fraction of sp³-hybridized carbons (Fsp3) is 0.133. The molecule has 0 fully saturated rings. The molecule has 0 saturated carbocycles. The van der Waals surface area contributed by atoms with Crippen LogP contribution in [0.4, 0.5) is 11.4 Å². The van der Waals surface area contributed by atoms with Gasteiger partial charge in [-0.2, -0.15) is 5.26 Å². The van der Waals surface area contributed by atoms with Gasteiger partial charge in [-0.05, 0) is 36.8 Å². The SMILES string of the molecule is Cc1ccc(N(C)c2cccc(O)c2)c(C#N)c1. The molecule has 0 aromatic heterocycles. The van der Waals surface area contributed by atoms with Crippen molar-refractivity contribution < 1.29 is 5.11 Å². The van der Waals surface area contributed by atoms with Crippen LogP contribution in [0.25, 0.3) is 0 Å². The third-order valence-corrected chi connectivity index (χ3v) is 2.85. The number of hydrogen-bond acceptors (Lipinski definition) is 3. The molecule has 0 spiro atoms. The molecule has 3 heteroatoms. The first-order valence-electron chi connectivity index (χ1n) is 5.65. The van der Waals surface area contributed by atoms with Crippen LogP contribution in [0.15, 0.2) is 42.5 Å². The van der Waals surface area contributed by atoms with Gasteiger partial charge in [0.05, 0.1) is 11.3 Å². The topological polar surface area (TPSA) is 47.3 Å². The predicted octanol–water partition coefficient (Wildman–Crippen LogP) is 3.34. The van der Waals surface area contributed by atoms with Crippen molar-refractivity contribution >= 4 is 11.4 Å². The molecule has 2 aromatic carbocycles. The van der Waals surface area contributed by atoms with E-state index in [1.807, 2.05) is 43.1 Å². The zero-order valence-electron chi connectivity index (χ0n) is 10.4. The Morgan fingerprint density at radius 1 is 1.17 bits per heavy atom. The van der Waals surface area contributed by atoms with Crippen LogP contribution < -0.4 is 4.90 Å². The first-order valence-corrected chi connectivity index (χ1v) is 5.65. The summed E-state index contributed by atoms with van der Waals surface area (Å²) in [4.78, 5) is 1.89. The largest absolute Gasteiger partial charge is 0.508 e. The molecule has 3 nitrogen and oxygen atoms in total. The number of nitriles is 1. The Balaban J connectivity index is 2.46. The van der Waals surface area contributed by atoms with Gasteiger partial charge in [-0.1, -0.05) is 12.1 Å². The molecule has 1 N–H and O–H groups in total. The summed E-state index contributed by atoms with van der Waals surface area (Å²) in [6.07, 6.45) is 0. The van der Waals surface area contributed by atoms with Crippen molar-refractivity contribution in [2.24, 2.45) is 0 Å². The third kappa shape index (κ3) is 2.28. The van der Waals surface area contributed by atoms with Crippen molar-refractivity contribution in [3.05, 3.63) is 53.6 Å². The average Bonchev–Trinajstić information content (AvgIpc) is 2.37. The van der Waals surface area contributed by atoms with Crippen LogP contribution >= 0.6 is 0 Å². The smallest absolute Gasteiger partial charge is 0.117 e. The van der Waals surface area contributed by atoms with Crippen LogP contribution in [0.5, 0.6) is 5.75 Å². The van der Waals surface area contributed by atoms with Crippen LogP contribution in [0, 0.1) is 18.3 Å². The zero-order chi connectivity index (χ0) is 13.1. The monoisotopic (exact) mass is 238 g/mol. The lowest BCUT2D eigenvalue weighted by molar-refractivity contribution is 0.475. The Morgan fingerprint density at radius 2 is 1.94 bits per heavy atom. The number of hydrogen-bond donors (Lipinski definition) is 1. The highest BCUT2D eigenvalue weighted by atomic mass is 16.3. The number of benzene rings is 2. The van der Waals surface area contributed by atoms with E-state index in [1.54, 1.807) is 18.2 Å². The van der Waals surface area contributed by atoms with Gasteiger partial charge in [0.1, 0.15) is 11.8 Å². The number of rotatable bonds is 2. The summed E-state index contributed by atoms with van der Waals surface area (Å²) in [6, 6.07) is 14.9. The fourth-order valence-electron chi connectivity index (χ4n) is 1.87. The summed E-state index contributed by atoms with van der Waals surface area (Å²) in [5.74, 6) is 0.213. The Labute approximate surface area is 107 Å². The van der Waals surface area contributed by atoms with Crippen molar-refractivity contribution in [1.82, 2.24) is 0 Å². The van der Waals surface area contributed by atoms with Gasteiger partial charge in [-0.25, -0.2) is 0 Å². The number of aryl methyl sites for hydroxylation is 1. The van der Waals surface area contributed by atoms with Gasteiger partial charge in [0.25, 0.3) is 0 Å². The lowest BCUT2D eigenvalue weighted by Gasteiger charge is -2.21. The Morgan fingerprint density at radius 3 is 2.61 bits per heavy atom. The summed E-state index contributed by atoms with van der Waals surface area (Å²) in [7, 11) is 1.88. The van der Waals surface area contributed by atoms with Crippen molar-refractivity contribution in [1.29, 1.82) is 5.26 Å². The Hall–Kier alpha value is -2.47. The Kier molecular flexibility index (Phi) is 3.20. The van der Waals surface area contributed by atoms with Crippen molar-refractivity contribution in [3.8, 4) is 11.8 Å². The average molecular weight is 238 g/mol. The van der Waals surface area contributed by atoms with Crippen LogP contribution in [-0.2, 0) is 0 Å². The summed E-state index contributed by atoms with van der Waals surface area (Å²) in [6.45, 7) is 1.96. The molecule has 2 aromatic rings. The molecule has 2 rings (SSSR count).